The quantitative estimate of drug-likeness (QED) is 0.700. The molecule has 1 saturated carbocycles. The first-order valence-electron chi connectivity index (χ1n) is 9.04. The van der Waals surface area contributed by atoms with Gasteiger partial charge in [0.15, 0.2) is 0 Å². The lowest BCUT2D eigenvalue weighted by Crippen LogP contribution is -2.25. The van der Waals surface area contributed by atoms with E-state index in [9.17, 15) is 14.4 Å². The fourth-order valence-electron chi connectivity index (χ4n) is 2.94. The van der Waals surface area contributed by atoms with E-state index in [0.717, 1.165) is 0 Å². The maximum atomic E-state index is 12.4. The van der Waals surface area contributed by atoms with Gasteiger partial charge in [-0.25, -0.2) is 0 Å². The van der Waals surface area contributed by atoms with Gasteiger partial charge < -0.3 is 15.7 Å². The molecular weight excluding hydrogens is 344 g/mol. The minimum Gasteiger partial charge on any atom is -0.481 e. The van der Waals surface area contributed by atoms with Gasteiger partial charge in [0, 0.05) is 23.4 Å². The Morgan fingerprint density at radius 3 is 2.04 bits per heavy atom. The molecule has 2 aromatic carbocycles. The lowest BCUT2D eigenvalue weighted by Gasteiger charge is -2.25. The number of aliphatic carboxylic acids is 1. The highest BCUT2D eigenvalue weighted by atomic mass is 16.4. The number of carboxylic acid groups (broad SMARTS) is 1. The van der Waals surface area contributed by atoms with Gasteiger partial charge in [0.05, 0.1) is 6.42 Å². The molecule has 0 atom stereocenters. The molecule has 1 aliphatic rings. The summed E-state index contributed by atoms with van der Waals surface area (Å²) in [7, 11) is 0. The molecule has 0 aromatic heterocycles. The van der Waals surface area contributed by atoms with Crippen LogP contribution in [-0.2, 0) is 4.79 Å². The smallest absolute Gasteiger partial charge is 0.305 e. The zero-order valence-corrected chi connectivity index (χ0v) is 14.9. The fourth-order valence-corrected chi connectivity index (χ4v) is 2.94. The average Bonchev–Trinajstić information content (AvgIpc) is 2.61. The van der Waals surface area contributed by atoms with Gasteiger partial charge in [-0.05, 0) is 60.7 Å². The standard InChI is InChI=1S/C21H22N2O4/c24-19(25)12-13-22-20(26)16-8-10-18(11-9-16)23-21(27)17-6-4-15(5-7-17)14-2-1-3-14/h4-11,14H,1-3,12-13H2,(H,22,26)(H,23,27)(H,24,25). The Morgan fingerprint density at radius 1 is 0.889 bits per heavy atom. The molecule has 3 rings (SSSR count). The summed E-state index contributed by atoms with van der Waals surface area (Å²) in [5, 5.41) is 13.9. The van der Waals surface area contributed by atoms with Crippen molar-refractivity contribution in [2.75, 3.05) is 11.9 Å². The predicted molar refractivity (Wildman–Crippen MR) is 102 cm³/mol. The number of carboxylic acids is 1. The number of carbonyl (C=O) groups is 3. The lowest BCUT2D eigenvalue weighted by atomic mass is 9.80. The van der Waals surface area contributed by atoms with Gasteiger partial charge in [0.25, 0.3) is 11.8 Å². The van der Waals surface area contributed by atoms with E-state index >= 15 is 0 Å². The van der Waals surface area contributed by atoms with Crippen LogP contribution in [0.25, 0.3) is 0 Å². The second kappa shape index (κ2) is 8.49. The fraction of sp³-hybridized carbons (Fsp3) is 0.286. The maximum absolute atomic E-state index is 12.4. The number of benzene rings is 2. The number of hydrogen-bond donors (Lipinski definition) is 3. The van der Waals surface area contributed by atoms with E-state index in [1.807, 2.05) is 24.3 Å². The molecule has 1 aliphatic carbocycles. The highest BCUT2D eigenvalue weighted by Crippen LogP contribution is 2.36. The topological polar surface area (TPSA) is 95.5 Å². The van der Waals surface area contributed by atoms with Crippen molar-refractivity contribution in [1.82, 2.24) is 5.32 Å². The van der Waals surface area contributed by atoms with Gasteiger partial charge in [0.1, 0.15) is 0 Å². The zero-order valence-electron chi connectivity index (χ0n) is 14.9. The van der Waals surface area contributed by atoms with Crippen molar-refractivity contribution in [3.05, 3.63) is 65.2 Å². The first-order valence-corrected chi connectivity index (χ1v) is 9.04. The molecular formula is C21H22N2O4. The molecule has 2 amide bonds. The van der Waals surface area contributed by atoms with Gasteiger partial charge in [-0.2, -0.15) is 0 Å². The van der Waals surface area contributed by atoms with Crippen molar-refractivity contribution >= 4 is 23.5 Å². The first-order chi connectivity index (χ1) is 13.0. The van der Waals surface area contributed by atoms with Crippen LogP contribution in [0.3, 0.4) is 0 Å². The third kappa shape index (κ3) is 4.94. The second-order valence-corrected chi connectivity index (χ2v) is 6.68. The van der Waals surface area contributed by atoms with Crippen molar-refractivity contribution in [2.45, 2.75) is 31.6 Å². The number of carbonyl (C=O) groups excluding carboxylic acids is 2. The molecule has 0 aliphatic heterocycles. The Morgan fingerprint density at radius 2 is 1.48 bits per heavy atom. The summed E-state index contributed by atoms with van der Waals surface area (Å²) in [4.78, 5) is 34.7. The molecule has 1 fully saturated rings. The normalized spacial score (nSPS) is 13.5. The first kappa shape index (κ1) is 18.6. The van der Waals surface area contributed by atoms with Crippen molar-refractivity contribution in [1.29, 1.82) is 0 Å². The molecule has 6 heteroatoms. The Balaban J connectivity index is 1.54. The SMILES string of the molecule is O=C(O)CCNC(=O)c1ccc(NC(=O)c2ccc(C3CCC3)cc2)cc1. The van der Waals surface area contributed by atoms with Crippen molar-refractivity contribution < 1.29 is 19.5 Å². The lowest BCUT2D eigenvalue weighted by molar-refractivity contribution is -0.136. The van der Waals surface area contributed by atoms with Crippen LogP contribution in [0.15, 0.2) is 48.5 Å². The van der Waals surface area contributed by atoms with Gasteiger partial charge in [-0.1, -0.05) is 18.6 Å². The summed E-state index contributed by atoms with van der Waals surface area (Å²) in [6.07, 6.45) is 3.60. The van der Waals surface area contributed by atoms with Crippen LogP contribution in [0, 0.1) is 0 Å². The van der Waals surface area contributed by atoms with Crippen LogP contribution >= 0.6 is 0 Å². The van der Waals surface area contributed by atoms with E-state index in [4.69, 9.17) is 5.11 Å². The Kier molecular flexibility index (Phi) is 5.86. The molecule has 0 unspecified atom stereocenters. The third-order valence-corrected chi connectivity index (χ3v) is 4.78. The Bertz CT molecular complexity index is 824. The highest BCUT2D eigenvalue weighted by molar-refractivity contribution is 6.04. The zero-order chi connectivity index (χ0) is 19.2. The number of hydrogen-bond acceptors (Lipinski definition) is 3. The monoisotopic (exact) mass is 366 g/mol. The molecule has 2 aromatic rings. The maximum Gasteiger partial charge on any atom is 0.305 e. The largest absolute Gasteiger partial charge is 0.481 e. The van der Waals surface area contributed by atoms with Gasteiger partial charge in [-0.15, -0.1) is 0 Å². The van der Waals surface area contributed by atoms with Crippen molar-refractivity contribution in [3.8, 4) is 0 Å². The van der Waals surface area contributed by atoms with Crippen LogP contribution in [0.5, 0.6) is 0 Å². The molecule has 0 spiro atoms. The average molecular weight is 366 g/mol. The summed E-state index contributed by atoms with van der Waals surface area (Å²) in [6.45, 7) is 0.0729. The van der Waals surface area contributed by atoms with E-state index in [2.05, 4.69) is 10.6 Å². The number of anilines is 1. The van der Waals surface area contributed by atoms with E-state index in [1.54, 1.807) is 24.3 Å². The van der Waals surface area contributed by atoms with E-state index in [-0.39, 0.29) is 24.8 Å². The Hall–Kier alpha value is -3.15. The Labute approximate surface area is 157 Å². The summed E-state index contributed by atoms with van der Waals surface area (Å²) >= 11 is 0. The molecule has 3 N–H and O–H groups in total. The summed E-state index contributed by atoms with van der Waals surface area (Å²) in [5.74, 6) is -0.875. The minimum atomic E-state index is -0.964. The predicted octanol–water partition coefficient (Wildman–Crippen LogP) is 3.41. The van der Waals surface area contributed by atoms with E-state index in [0.29, 0.717) is 22.7 Å². The highest BCUT2D eigenvalue weighted by Gasteiger charge is 2.19. The van der Waals surface area contributed by atoms with E-state index < -0.39 is 5.97 Å². The number of amides is 2. The number of nitrogens with one attached hydrogen (secondary N) is 2. The molecule has 0 heterocycles. The summed E-state index contributed by atoms with van der Waals surface area (Å²) in [5.41, 5.74) is 2.87. The van der Waals surface area contributed by atoms with Crippen LogP contribution in [0.4, 0.5) is 5.69 Å². The van der Waals surface area contributed by atoms with E-state index in [1.165, 1.54) is 24.8 Å². The van der Waals surface area contributed by atoms with Crippen LogP contribution in [0.2, 0.25) is 0 Å². The third-order valence-electron chi connectivity index (χ3n) is 4.78. The molecule has 0 bridgehead atoms. The van der Waals surface area contributed by atoms with Gasteiger partial charge in [-0.3, -0.25) is 14.4 Å². The molecule has 0 radical (unpaired) electrons. The van der Waals surface area contributed by atoms with Gasteiger partial charge in [0.2, 0.25) is 0 Å². The molecule has 140 valence electrons. The van der Waals surface area contributed by atoms with Crippen LogP contribution in [-0.4, -0.2) is 29.4 Å². The van der Waals surface area contributed by atoms with Gasteiger partial charge >= 0.3 is 5.97 Å². The second-order valence-electron chi connectivity index (χ2n) is 6.68. The molecule has 27 heavy (non-hydrogen) atoms. The molecule has 6 nitrogen and oxygen atoms in total. The van der Waals surface area contributed by atoms with Crippen LogP contribution in [0.1, 0.15) is 57.9 Å². The molecule has 0 saturated heterocycles. The van der Waals surface area contributed by atoms with Crippen molar-refractivity contribution in [2.24, 2.45) is 0 Å². The summed E-state index contributed by atoms with van der Waals surface area (Å²) < 4.78 is 0. The summed E-state index contributed by atoms with van der Waals surface area (Å²) in [6, 6.07) is 14.2. The van der Waals surface area contributed by atoms with Crippen LogP contribution < -0.4 is 10.6 Å². The minimum absolute atomic E-state index is 0.0729. The van der Waals surface area contributed by atoms with Crippen molar-refractivity contribution in [3.63, 3.8) is 0 Å². The number of rotatable bonds is 7.